The molecule has 0 bridgehead atoms. The lowest BCUT2D eigenvalue weighted by Gasteiger charge is -2.19. The zero-order valence-electron chi connectivity index (χ0n) is 14.5. The summed E-state index contributed by atoms with van der Waals surface area (Å²) in [5.74, 6) is 2.41. The van der Waals surface area contributed by atoms with Crippen molar-refractivity contribution in [1.29, 1.82) is 0 Å². The van der Waals surface area contributed by atoms with Gasteiger partial charge in [0.2, 0.25) is 0 Å². The fourth-order valence-electron chi connectivity index (χ4n) is 3.26. The molecule has 4 heterocycles. The fraction of sp³-hybridized carbons (Fsp3) is 0.500. The number of likely N-dealkylation sites (tertiary alicyclic amines) is 1. The molecule has 2 atom stereocenters. The van der Waals surface area contributed by atoms with E-state index in [0.29, 0.717) is 6.54 Å². The molecule has 0 aliphatic carbocycles. The summed E-state index contributed by atoms with van der Waals surface area (Å²) < 4.78 is 12.8. The third-order valence-corrected chi connectivity index (χ3v) is 4.53. The summed E-state index contributed by atoms with van der Waals surface area (Å²) in [7, 11) is 3.62. The van der Waals surface area contributed by atoms with Crippen LogP contribution < -0.4 is 0 Å². The van der Waals surface area contributed by atoms with E-state index in [-0.39, 0.29) is 12.1 Å². The monoisotopic (exact) mass is 343 g/mol. The summed E-state index contributed by atoms with van der Waals surface area (Å²) in [5, 5.41) is 15.6. The largest absolute Gasteiger partial charge is 0.380 e. The number of aromatic amines is 1. The first-order chi connectivity index (χ1) is 12.1. The first-order valence-corrected chi connectivity index (χ1v) is 8.22. The first kappa shape index (κ1) is 16.0. The minimum absolute atomic E-state index is 0.0989. The molecule has 0 amide bonds. The Morgan fingerprint density at radius 3 is 3.00 bits per heavy atom. The fourth-order valence-corrected chi connectivity index (χ4v) is 3.26. The Kier molecular flexibility index (Phi) is 4.10. The van der Waals surface area contributed by atoms with Crippen LogP contribution in [0.1, 0.15) is 29.9 Å². The van der Waals surface area contributed by atoms with E-state index in [0.717, 1.165) is 41.6 Å². The number of nitrogens with one attached hydrogen (secondary N) is 1. The Balaban J connectivity index is 1.53. The molecular formula is C16H21N7O2. The summed E-state index contributed by atoms with van der Waals surface area (Å²) in [6.07, 6.45) is 4.71. The molecule has 4 rings (SSSR count). The van der Waals surface area contributed by atoms with Crippen molar-refractivity contribution in [2.75, 3.05) is 13.7 Å². The zero-order valence-corrected chi connectivity index (χ0v) is 14.5. The van der Waals surface area contributed by atoms with Crippen molar-refractivity contribution >= 4 is 0 Å². The summed E-state index contributed by atoms with van der Waals surface area (Å²) in [6, 6.07) is 2.05. The number of nitrogens with zero attached hydrogens (tertiary/aromatic N) is 6. The molecule has 1 saturated heterocycles. The second-order valence-corrected chi connectivity index (χ2v) is 6.40. The highest BCUT2D eigenvalue weighted by molar-refractivity contribution is 5.56. The molecule has 1 N–H and O–H groups in total. The number of H-pyrrole nitrogens is 1. The van der Waals surface area contributed by atoms with Gasteiger partial charge in [0.15, 0.2) is 11.6 Å². The third kappa shape index (κ3) is 3.20. The van der Waals surface area contributed by atoms with Crippen molar-refractivity contribution in [3.63, 3.8) is 0 Å². The summed E-state index contributed by atoms with van der Waals surface area (Å²) in [6.45, 7) is 3.34. The average Bonchev–Trinajstić information content (AvgIpc) is 3.34. The van der Waals surface area contributed by atoms with Crippen LogP contribution in [-0.4, -0.2) is 54.8 Å². The van der Waals surface area contributed by atoms with Crippen LogP contribution >= 0.6 is 0 Å². The Labute approximate surface area is 145 Å². The molecule has 132 valence electrons. The number of hydrogen-bond acceptors (Lipinski definition) is 7. The maximum absolute atomic E-state index is 5.55. The maximum atomic E-state index is 5.55. The van der Waals surface area contributed by atoms with Gasteiger partial charge in [-0.2, -0.15) is 10.2 Å². The highest BCUT2D eigenvalue weighted by Gasteiger charge is 2.36. The Morgan fingerprint density at radius 2 is 2.32 bits per heavy atom. The maximum Gasteiger partial charge on any atom is 0.167 e. The minimum atomic E-state index is 0.0989. The van der Waals surface area contributed by atoms with Crippen molar-refractivity contribution in [1.82, 2.24) is 35.0 Å². The Morgan fingerprint density at radius 1 is 1.44 bits per heavy atom. The molecule has 3 aromatic rings. The molecule has 0 unspecified atom stereocenters. The van der Waals surface area contributed by atoms with Gasteiger partial charge in [-0.25, -0.2) is 4.98 Å². The number of rotatable bonds is 5. The number of aromatic nitrogens is 6. The van der Waals surface area contributed by atoms with Crippen LogP contribution in [0.2, 0.25) is 0 Å². The molecule has 9 nitrogen and oxygen atoms in total. The van der Waals surface area contributed by atoms with Gasteiger partial charge < -0.3 is 9.26 Å². The van der Waals surface area contributed by atoms with Crippen molar-refractivity contribution < 1.29 is 9.26 Å². The van der Waals surface area contributed by atoms with E-state index in [1.54, 1.807) is 18.0 Å². The number of ether oxygens (including phenoxy) is 1. The van der Waals surface area contributed by atoms with E-state index in [9.17, 15) is 0 Å². The molecule has 0 spiro atoms. The van der Waals surface area contributed by atoms with Crippen LogP contribution in [0.15, 0.2) is 23.0 Å². The molecule has 9 heteroatoms. The van der Waals surface area contributed by atoms with Crippen molar-refractivity contribution in [2.45, 2.75) is 32.0 Å². The van der Waals surface area contributed by atoms with Crippen LogP contribution in [0.4, 0.5) is 0 Å². The summed E-state index contributed by atoms with van der Waals surface area (Å²) in [4.78, 5) is 6.76. The summed E-state index contributed by atoms with van der Waals surface area (Å²) in [5.41, 5.74) is 1.73. The number of aryl methyl sites for hydroxylation is 2. The van der Waals surface area contributed by atoms with Crippen molar-refractivity contribution in [3.05, 3.63) is 35.9 Å². The van der Waals surface area contributed by atoms with Crippen LogP contribution in [0.5, 0.6) is 0 Å². The van der Waals surface area contributed by atoms with Crippen LogP contribution in [0.3, 0.4) is 0 Å². The van der Waals surface area contributed by atoms with Crippen LogP contribution in [-0.2, 0) is 18.3 Å². The second kappa shape index (κ2) is 6.41. The van der Waals surface area contributed by atoms with Gasteiger partial charge in [-0.15, -0.1) is 0 Å². The van der Waals surface area contributed by atoms with Gasteiger partial charge >= 0.3 is 0 Å². The molecule has 25 heavy (non-hydrogen) atoms. The van der Waals surface area contributed by atoms with Crippen molar-refractivity contribution in [3.8, 4) is 11.3 Å². The van der Waals surface area contributed by atoms with Gasteiger partial charge in [0.05, 0.1) is 24.9 Å². The van der Waals surface area contributed by atoms with E-state index in [2.05, 4.69) is 30.3 Å². The molecule has 0 saturated carbocycles. The standard InChI is InChI=1S/C16H21N7O2/c1-10-18-16(20-19-10)15-5-12(24-3)8-23(15)9-13-4-14(21-25-13)11-6-17-22(2)7-11/h4,6-7,12,15H,5,8-9H2,1-3H3,(H,18,19,20)/t12-,15+/m1/s1. The minimum Gasteiger partial charge on any atom is -0.380 e. The van der Waals surface area contributed by atoms with Gasteiger partial charge in [0, 0.05) is 38.5 Å². The van der Waals surface area contributed by atoms with E-state index in [4.69, 9.17) is 9.26 Å². The van der Waals surface area contributed by atoms with E-state index in [1.807, 2.05) is 26.2 Å². The predicted molar refractivity (Wildman–Crippen MR) is 88.4 cm³/mol. The van der Waals surface area contributed by atoms with Gasteiger partial charge in [0.25, 0.3) is 0 Å². The van der Waals surface area contributed by atoms with E-state index < -0.39 is 0 Å². The van der Waals surface area contributed by atoms with Gasteiger partial charge in [0.1, 0.15) is 11.5 Å². The lowest BCUT2D eigenvalue weighted by molar-refractivity contribution is 0.105. The molecule has 0 radical (unpaired) electrons. The second-order valence-electron chi connectivity index (χ2n) is 6.40. The quantitative estimate of drug-likeness (QED) is 0.749. The number of methoxy groups -OCH3 is 1. The van der Waals surface area contributed by atoms with E-state index in [1.165, 1.54) is 0 Å². The van der Waals surface area contributed by atoms with E-state index >= 15 is 0 Å². The Bertz CT molecular complexity index is 852. The highest BCUT2D eigenvalue weighted by Crippen LogP contribution is 2.33. The predicted octanol–water partition coefficient (Wildman–Crippen LogP) is 1.46. The molecule has 3 aromatic heterocycles. The highest BCUT2D eigenvalue weighted by atomic mass is 16.5. The van der Waals surface area contributed by atoms with Crippen molar-refractivity contribution in [2.24, 2.45) is 7.05 Å². The van der Waals surface area contributed by atoms with Gasteiger partial charge in [-0.05, 0) is 13.3 Å². The summed E-state index contributed by atoms with van der Waals surface area (Å²) >= 11 is 0. The molecular weight excluding hydrogens is 322 g/mol. The Hall–Kier alpha value is -2.52. The molecule has 0 aromatic carbocycles. The zero-order chi connectivity index (χ0) is 17.4. The normalized spacial score (nSPS) is 21.2. The number of hydrogen-bond donors (Lipinski definition) is 1. The first-order valence-electron chi connectivity index (χ1n) is 8.22. The lowest BCUT2D eigenvalue weighted by atomic mass is 10.2. The SMILES string of the molecule is CO[C@@H]1C[C@@H](c2n[nH]c(C)n2)N(Cc2cc(-c3cnn(C)c3)no2)C1. The third-order valence-electron chi connectivity index (χ3n) is 4.53. The molecule has 1 aliphatic heterocycles. The topological polar surface area (TPSA) is 97.9 Å². The smallest absolute Gasteiger partial charge is 0.167 e. The van der Waals surface area contributed by atoms with Crippen LogP contribution in [0.25, 0.3) is 11.3 Å². The van der Waals surface area contributed by atoms with Crippen LogP contribution in [0, 0.1) is 6.92 Å². The van der Waals surface area contributed by atoms with Gasteiger partial charge in [-0.1, -0.05) is 5.16 Å². The average molecular weight is 343 g/mol. The molecule has 1 aliphatic rings. The molecule has 1 fully saturated rings. The van der Waals surface area contributed by atoms with Gasteiger partial charge in [-0.3, -0.25) is 14.7 Å². The lowest BCUT2D eigenvalue weighted by Crippen LogP contribution is -2.25.